The van der Waals surface area contributed by atoms with Crippen molar-refractivity contribution >= 4 is 35.8 Å². The van der Waals surface area contributed by atoms with Gasteiger partial charge in [-0.25, -0.2) is 0 Å². The number of carbonyl (C=O) groups is 1. The lowest BCUT2D eigenvalue weighted by Gasteiger charge is -2.25. The first-order valence-corrected chi connectivity index (χ1v) is 10.6. The largest absolute Gasteiger partial charge is 0.400 e. The Morgan fingerprint density at radius 2 is 1.61 bits per heavy atom. The van der Waals surface area contributed by atoms with Crippen LogP contribution in [-0.2, 0) is 5.41 Å². The van der Waals surface area contributed by atoms with Gasteiger partial charge in [0, 0.05) is 33.5 Å². The molecule has 2 radical (unpaired) electrons. The van der Waals surface area contributed by atoms with Gasteiger partial charge in [-0.05, 0) is 40.1 Å². The van der Waals surface area contributed by atoms with Crippen LogP contribution < -0.4 is 4.81 Å². The fraction of sp³-hybridized carbons (Fsp3) is 0.107. The summed E-state index contributed by atoms with van der Waals surface area (Å²) >= 11 is 0. The predicted molar refractivity (Wildman–Crippen MR) is 130 cm³/mol. The first-order valence-electron chi connectivity index (χ1n) is 10.6. The number of anilines is 1. The summed E-state index contributed by atoms with van der Waals surface area (Å²) < 4.78 is 0. The number of rotatable bonds is 1. The minimum absolute atomic E-state index is 0.0810. The Morgan fingerprint density at radius 1 is 0.939 bits per heavy atom. The second-order valence-corrected chi connectivity index (χ2v) is 8.66. The summed E-state index contributed by atoms with van der Waals surface area (Å²) in [5.74, 6) is -0.206. The number of Topliss-reactive ketones (excluding diaryl/α,β-unsaturated/α-hetero) is 1. The van der Waals surface area contributed by atoms with E-state index >= 15 is 0 Å². The second kappa shape index (κ2) is 7.36. The third-order valence-electron chi connectivity index (χ3n) is 6.53. The number of nitriles is 2. The number of benzene rings is 3. The molecule has 3 aromatic rings. The van der Waals surface area contributed by atoms with E-state index in [1.54, 1.807) is 35.2 Å². The van der Waals surface area contributed by atoms with Crippen molar-refractivity contribution in [3.8, 4) is 12.1 Å². The molecule has 0 spiro atoms. The highest BCUT2D eigenvalue weighted by Crippen LogP contribution is 2.50. The molecule has 33 heavy (non-hydrogen) atoms. The highest BCUT2D eigenvalue weighted by atomic mass is 16.1. The van der Waals surface area contributed by atoms with E-state index in [1.807, 2.05) is 36.4 Å². The second-order valence-electron chi connectivity index (χ2n) is 8.66. The van der Waals surface area contributed by atoms with Crippen LogP contribution in [0.15, 0.2) is 89.7 Å². The van der Waals surface area contributed by atoms with Crippen molar-refractivity contribution in [1.82, 2.24) is 0 Å². The van der Waals surface area contributed by atoms with Crippen molar-refractivity contribution in [1.29, 1.82) is 10.5 Å². The monoisotopic (exact) mass is 423 g/mol. The number of fused-ring (bicyclic) bond motifs is 4. The van der Waals surface area contributed by atoms with Gasteiger partial charge in [-0.2, -0.15) is 10.5 Å². The van der Waals surface area contributed by atoms with Crippen LogP contribution in [0, 0.1) is 22.7 Å². The lowest BCUT2D eigenvalue weighted by molar-refractivity contribution is 0.104. The third-order valence-corrected chi connectivity index (χ3v) is 6.53. The number of hydrogen-bond acceptors (Lipinski definition) is 4. The van der Waals surface area contributed by atoms with E-state index in [4.69, 9.17) is 7.98 Å². The first-order chi connectivity index (χ1) is 15.9. The predicted octanol–water partition coefficient (Wildman–Crippen LogP) is 5.53. The van der Waals surface area contributed by atoms with E-state index in [2.05, 4.69) is 32.0 Å². The molecule has 5 heteroatoms. The number of carbonyl (C=O) groups excluding carboxylic acids is 1. The fourth-order valence-corrected chi connectivity index (χ4v) is 5.00. The molecule has 0 N–H and O–H groups in total. The summed E-state index contributed by atoms with van der Waals surface area (Å²) in [5.41, 5.74) is 4.15. The summed E-state index contributed by atoms with van der Waals surface area (Å²) in [6.07, 6.45) is 3.53. The molecule has 154 valence electrons. The van der Waals surface area contributed by atoms with Crippen LogP contribution in [0.5, 0.6) is 0 Å². The molecule has 0 bridgehead atoms. The Morgan fingerprint density at radius 3 is 2.33 bits per heavy atom. The molecule has 0 saturated carbocycles. The Balaban J connectivity index is 1.70. The molecular weight excluding hydrogens is 405 g/mol. The standard InChI is InChI=1S/C28H18BN3O/c1-28(2)24(32(29)23-13-11-17-7-3-4-8-19(17)26(23)28)14-12-22-25(18(15-30)16-31)20-9-5-6-10-21(20)27(22)33/h3-14H,1-2H3/b22-12-,24-14+. The lowest BCUT2D eigenvalue weighted by Crippen LogP contribution is -2.23. The highest BCUT2D eigenvalue weighted by Gasteiger charge is 2.39. The van der Waals surface area contributed by atoms with Gasteiger partial charge in [0.1, 0.15) is 17.7 Å². The number of hydrogen-bond donors (Lipinski definition) is 0. The van der Waals surface area contributed by atoms with Crippen molar-refractivity contribution in [2.75, 3.05) is 4.81 Å². The molecule has 3 aromatic carbocycles. The van der Waals surface area contributed by atoms with Crippen LogP contribution in [0.3, 0.4) is 0 Å². The van der Waals surface area contributed by atoms with Gasteiger partial charge < -0.3 is 4.81 Å². The molecule has 1 heterocycles. The first kappa shape index (κ1) is 20.6. The van der Waals surface area contributed by atoms with Crippen molar-refractivity contribution in [2.45, 2.75) is 19.3 Å². The quantitative estimate of drug-likeness (QED) is 0.293. The van der Waals surface area contributed by atoms with Gasteiger partial charge in [0.2, 0.25) is 7.98 Å². The fourth-order valence-electron chi connectivity index (χ4n) is 5.00. The van der Waals surface area contributed by atoms with Gasteiger partial charge in [-0.1, -0.05) is 68.4 Å². The average molecular weight is 423 g/mol. The summed E-state index contributed by atoms with van der Waals surface area (Å²) in [5, 5.41) is 21.3. The maximum Gasteiger partial charge on any atom is 0.234 e. The van der Waals surface area contributed by atoms with Crippen LogP contribution in [0.2, 0.25) is 0 Å². The summed E-state index contributed by atoms with van der Waals surface area (Å²) in [6.45, 7) is 4.21. The molecule has 0 unspecified atom stereocenters. The zero-order chi connectivity index (χ0) is 23.3. The Hall–Kier alpha value is -4.35. The minimum Gasteiger partial charge on any atom is -0.400 e. The molecule has 1 aliphatic carbocycles. The normalized spacial score (nSPS) is 18.4. The van der Waals surface area contributed by atoms with Gasteiger partial charge in [0.05, 0.1) is 0 Å². The van der Waals surface area contributed by atoms with E-state index in [-0.39, 0.29) is 11.4 Å². The molecule has 0 fully saturated rings. The number of nitrogens with zero attached hydrogens (tertiary/aromatic N) is 3. The van der Waals surface area contributed by atoms with Crippen molar-refractivity contribution in [3.05, 3.63) is 106 Å². The topological polar surface area (TPSA) is 67.9 Å². The van der Waals surface area contributed by atoms with Crippen LogP contribution in [0.25, 0.3) is 16.3 Å². The Bertz CT molecular complexity index is 1530. The van der Waals surface area contributed by atoms with E-state index < -0.39 is 5.41 Å². The Labute approximate surface area is 193 Å². The van der Waals surface area contributed by atoms with E-state index in [1.165, 1.54) is 0 Å². The minimum atomic E-state index is -0.423. The van der Waals surface area contributed by atoms with Gasteiger partial charge in [0.15, 0.2) is 5.78 Å². The Kier molecular flexibility index (Phi) is 4.59. The highest BCUT2D eigenvalue weighted by molar-refractivity contribution is 6.28. The average Bonchev–Trinajstić information content (AvgIpc) is 3.21. The molecule has 5 rings (SSSR count). The van der Waals surface area contributed by atoms with Crippen LogP contribution in [-0.4, -0.2) is 13.8 Å². The zero-order valence-electron chi connectivity index (χ0n) is 18.3. The van der Waals surface area contributed by atoms with Crippen LogP contribution in [0.1, 0.15) is 35.3 Å². The molecule has 1 aliphatic heterocycles. The van der Waals surface area contributed by atoms with Gasteiger partial charge >= 0.3 is 0 Å². The number of allylic oxidation sites excluding steroid dienone is 6. The molecule has 0 atom stereocenters. The number of ketones is 1. The molecule has 2 aliphatic rings. The smallest absolute Gasteiger partial charge is 0.234 e. The molecule has 4 nitrogen and oxygen atoms in total. The maximum absolute atomic E-state index is 13.2. The zero-order valence-corrected chi connectivity index (χ0v) is 18.3. The van der Waals surface area contributed by atoms with Crippen LogP contribution in [0.4, 0.5) is 5.69 Å². The van der Waals surface area contributed by atoms with Gasteiger partial charge in [0.25, 0.3) is 0 Å². The SMILES string of the molecule is [B]N1/C(=C/C=C2\C(=O)c3ccccc3C2=C(C#N)C#N)C(C)(C)c2c1ccc1ccccc21. The lowest BCUT2D eigenvalue weighted by atomic mass is 9.81. The van der Waals surface area contributed by atoms with Crippen molar-refractivity contribution < 1.29 is 4.79 Å². The summed E-state index contributed by atoms with van der Waals surface area (Å²) in [6, 6.07) is 23.2. The van der Waals surface area contributed by atoms with E-state index in [0.717, 1.165) is 27.7 Å². The van der Waals surface area contributed by atoms with Gasteiger partial charge in [-0.15, -0.1) is 0 Å². The summed E-state index contributed by atoms with van der Waals surface area (Å²) in [4.78, 5) is 14.8. The van der Waals surface area contributed by atoms with Crippen LogP contribution >= 0.6 is 0 Å². The van der Waals surface area contributed by atoms with E-state index in [9.17, 15) is 15.3 Å². The molecule has 0 aromatic heterocycles. The van der Waals surface area contributed by atoms with E-state index in [0.29, 0.717) is 22.3 Å². The summed E-state index contributed by atoms with van der Waals surface area (Å²) in [7, 11) is 6.54. The third kappa shape index (κ3) is 2.87. The maximum atomic E-state index is 13.2. The molecule has 0 amide bonds. The molecule has 0 saturated heterocycles. The molecular formula is C28H18BN3O. The van der Waals surface area contributed by atoms with Gasteiger partial charge in [-0.3, -0.25) is 4.79 Å². The van der Waals surface area contributed by atoms with Crippen molar-refractivity contribution in [3.63, 3.8) is 0 Å². The van der Waals surface area contributed by atoms with Crippen molar-refractivity contribution in [2.24, 2.45) is 0 Å².